The molecular weight excluding hydrogens is 176 g/mol. The molecule has 0 saturated heterocycles. The quantitative estimate of drug-likeness (QED) is 0.653. The number of nitrogens with zero attached hydrogens (tertiary/aromatic N) is 4. The van der Waals surface area contributed by atoms with Gasteiger partial charge in [0.1, 0.15) is 5.52 Å². The van der Waals surface area contributed by atoms with Crippen LogP contribution in [0, 0.1) is 0 Å². The summed E-state index contributed by atoms with van der Waals surface area (Å²) in [6.45, 7) is 0.683. The molecule has 0 unspecified atom stereocenters. The summed E-state index contributed by atoms with van der Waals surface area (Å²) in [6.07, 6.45) is 3.41. The van der Waals surface area contributed by atoms with Gasteiger partial charge in [-0.05, 0) is 6.07 Å². The molecule has 5 heteroatoms. The van der Waals surface area contributed by atoms with Crippen molar-refractivity contribution < 1.29 is 0 Å². The van der Waals surface area contributed by atoms with E-state index in [1.165, 1.54) is 0 Å². The molecule has 0 aliphatic rings. The Balaban J connectivity index is 2.55. The molecule has 0 aliphatic heterocycles. The van der Waals surface area contributed by atoms with Crippen molar-refractivity contribution in [2.45, 2.75) is 6.54 Å². The fourth-order valence-corrected chi connectivity index (χ4v) is 1.23. The lowest BCUT2D eigenvalue weighted by Gasteiger charge is -1.95. The maximum Gasteiger partial charge on any atom is 0.131 e. The summed E-state index contributed by atoms with van der Waals surface area (Å²) < 4.78 is 1.77. The summed E-state index contributed by atoms with van der Waals surface area (Å²) in [5.41, 5.74) is 1.79. The maximum absolute atomic E-state index is 5.59. The number of alkyl halides is 1. The van der Waals surface area contributed by atoms with E-state index >= 15 is 0 Å². The predicted octanol–water partition coefficient (Wildman–Crippen LogP) is 1.07. The third-order valence-electron chi connectivity index (χ3n) is 1.61. The second kappa shape index (κ2) is 3.06. The van der Waals surface area contributed by atoms with Crippen LogP contribution >= 0.6 is 11.6 Å². The Morgan fingerprint density at radius 2 is 2.42 bits per heavy atom. The Kier molecular flexibility index (Phi) is 1.91. The number of aromatic nitrogens is 4. The highest BCUT2D eigenvalue weighted by Gasteiger charge is 2.01. The molecule has 0 spiro atoms. The van der Waals surface area contributed by atoms with Crippen molar-refractivity contribution in [3.63, 3.8) is 0 Å². The van der Waals surface area contributed by atoms with Crippen LogP contribution in [-0.4, -0.2) is 25.9 Å². The third kappa shape index (κ3) is 1.14. The van der Waals surface area contributed by atoms with Crippen LogP contribution in [0.15, 0.2) is 18.5 Å². The third-order valence-corrected chi connectivity index (χ3v) is 1.78. The van der Waals surface area contributed by atoms with Gasteiger partial charge in [0.25, 0.3) is 0 Å². The number of hydrogen-bond donors (Lipinski definition) is 0. The molecule has 0 aliphatic carbocycles. The first kappa shape index (κ1) is 7.49. The molecule has 0 radical (unpaired) electrons. The van der Waals surface area contributed by atoms with Crippen LogP contribution in [0.5, 0.6) is 0 Å². The molecule has 0 amide bonds. The van der Waals surface area contributed by atoms with Gasteiger partial charge in [-0.3, -0.25) is 4.98 Å². The Labute approximate surface area is 74.2 Å². The normalized spacial score (nSPS) is 10.8. The minimum Gasteiger partial charge on any atom is -0.262 e. The van der Waals surface area contributed by atoms with Gasteiger partial charge in [-0.15, -0.1) is 16.7 Å². The molecule has 12 heavy (non-hydrogen) atoms. The SMILES string of the molecule is ClCCn1nnc2cnccc21. The van der Waals surface area contributed by atoms with Crippen LogP contribution in [0.3, 0.4) is 0 Å². The van der Waals surface area contributed by atoms with Crippen molar-refractivity contribution in [2.75, 3.05) is 5.88 Å². The van der Waals surface area contributed by atoms with Crippen molar-refractivity contribution in [3.8, 4) is 0 Å². The van der Waals surface area contributed by atoms with Crippen LogP contribution < -0.4 is 0 Å². The number of halogens is 1. The second-order valence-corrected chi connectivity index (χ2v) is 2.74. The Morgan fingerprint density at radius 3 is 3.25 bits per heavy atom. The lowest BCUT2D eigenvalue weighted by atomic mass is 10.4. The highest BCUT2D eigenvalue weighted by molar-refractivity contribution is 6.17. The number of rotatable bonds is 2. The molecule has 0 saturated carbocycles. The van der Waals surface area contributed by atoms with Crippen molar-refractivity contribution in [1.82, 2.24) is 20.0 Å². The monoisotopic (exact) mass is 182 g/mol. The van der Waals surface area contributed by atoms with E-state index in [0.29, 0.717) is 12.4 Å². The fourth-order valence-electron chi connectivity index (χ4n) is 1.07. The van der Waals surface area contributed by atoms with Crippen LogP contribution in [0.2, 0.25) is 0 Å². The van der Waals surface area contributed by atoms with Crippen molar-refractivity contribution >= 4 is 22.6 Å². The van der Waals surface area contributed by atoms with Crippen LogP contribution in [0.1, 0.15) is 0 Å². The number of fused-ring (bicyclic) bond motifs is 1. The second-order valence-electron chi connectivity index (χ2n) is 2.37. The van der Waals surface area contributed by atoms with E-state index < -0.39 is 0 Å². The van der Waals surface area contributed by atoms with E-state index in [4.69, 9.17) is 11.6 Å². The molecule has 4 nitrogen and oxygen atoms in total. The fraction of sp³-hybridized carbons (Fsp3) is 0.286. The summed E-state index contributed by atoms with van der Waals surface area (Å²) in [6, 6.07) is 1.88. The zero-order valence-corrected chi connectivity index (χ0v) is 7.07. The van der Waals surface area contributed by atoms with E-state index in [1.807, 2.05) is 6.07 Å². The topological polar surface area (TPSA) is 43.6 Å². The van der Waals surface area contributed by atoms with Gasteiger partial charge in [0, 0.05) is 12.1 Å². The van der Waals surface area contributed by atoms with E-state index in [-0.39, 0.29) is 0 Å². The van der Waals surface area contributed by atoms with Crippen LogP contribution in [-0.2, 0) is 6.54 Å². The van der Waals surface area contributed by atoms with E-state index in [9.17, 15) is 0 Å². The Morgan fingerprint density at radius 1 is 1.50 bits per heavy atom. The maximum atomic E-state index is 5.59. The molecule has 62 valence electrons. The standard InChI is InChI=1S/C7H7ClN4/c8-2-4-12-7-1-3-9-5-6(7)10-11-12/h1,3,5H,2,4H2. The molecule has 2 rings (SSSR count). The lowest BCUT2D eigenvalue weighted by Crippen LogP contribution is -2.00. The zero-order chi connectivity index (χ0) is 8.39. The van der Waals surface area contributed by atoms with Crippen LogP contribution in [0.25, 0.3) is 11.0 Å². The van der Waals surface area contributed by atoms with Gasteiger partial charge in [-0.2, -0.15) is 0 Å². The van der Waals surface area contributed by atoms with E-state index in [1.54, 1.807) is 17.1 Å². The minimum atomic E-state index is 0.542. The van der Waals surface area contributed by atoms with Gasteiger partial charge in [-0.1, -0.05) is 5.21 Å². The first-order valence-electron chi connectivity index (χ1n) is 3.61. The highest BCUT2D eigenvalue weighted by Crippen LogP contribution is 2.07. The Bertz CT molecular complexity index is 384. The van der Waals surface area contributed by atoms with Gasteiger partial charge in [-0.25, -0.2) is 4.68 Å². The molecule has 0 atom stereocenters. The molecular formula is C7H7ClN4. The summed E-state index contributed by atoms with van der Waals surface area (Å²) in [5.74, 6) is 0.542. The largest absolute Gasteiger partial charge is 0.262 e. The van der Waals surface area contributed by atoms with Crippen molar-refractivity contribution in [1.29, 1.82) is 0 Å². The van der Waals surface area contributed by atoms with Crippen LogP contribution in [0.4, 0.5) is 0 Å². The van der Waals surface area contributed by atoms with E-state index in [0.717, 1.165) is 11.0 Å². The molecule has 2 heterocycles. The summed E-state index contributed by atoms with van der Waals surface area (Å²) in [4.78, 5) is 3.94. The molecule has 0 bridgehead atoms. The van der Waals surface area contributed by atoms with E-state index in [2.05, 4.69) is 15.3 Å². The van der Waals surface area contributed by atoms with Gasteiger partial charge >= 0.3 is 0 Å². The molecule has 2 aromatic heterocycles. The first-order chi connectivity index (χ1) is 5.92. The molecule has 0 aromatic carbocycles. The molecule has 0 N–H and O–H groups in total. The summed E-state index contributed by atoms with van der Waals surface area (Å²) >= 11 is 5.59. The number of pyridine rings is 1. The van der Waals surface area contributed by atoms with Gasteiger partial charge < -0.3 is 0 Å². The first-order valence-corrected chi connectivity index (χ1v) is 4.14. The number of aryl methyl sites for hydroxylation is 1. The highest BCUT2D eigenvalue weighted by atomic mass is 35.5. The van der Waals surface area contributed by atoms with Crippen molar-refractivity contribution in [2.24, 2.45) is 0 Å². The minimum absolute atomic E-state index is 0.542. The van der Waals surface area contributed by atoms with Gasteiger partial charge in [0.2, 0.25) is 0 Å². The average Bonchev–Trinajstić information content (AvgIpc) is 2.50. The molecule has 0 fully saturated rings. The van der Waals surface area contributed by atoms with Crippen molar-refractivity contribution in [3.05, 3.63) is 18.5 Å². The molecule has 2 aromatic rings. The zero-order valence-electron chi connectivity index (χ0n) is 6.31. The summed E-state index contributed by atoms with van der Waals surface area (Å²) in [7, 11) is 0. The van der Waals surface area contributed by atoms with Gasteiger partial charge in [0.15, 0.2) is 0 Å². The smallest absolute Gasteiger partial charge is 0.131 e. The van der Waals surface area contributed by atoms with Gasteiger partial charge in [0.05, 0.1) is 18.3 Å². The Hall–Kier alpha value is -1.16. The number of hydrogen-bond acceptors (Lipinski definition) is 3. The summed E-state index contributed by atoms with van der Waals surface area (Å²) in [5, 5.41) is 7.86. The predicted molar refractivity (Wildman–Crippen MR) is 46.0 cm³/mol. The lowest BCUT2D eigenvalue weighted by molar-refractivity contribution is 0.650. The average molecular weight is 183 g/mol.